The van der Waals surface area contributed by atoms with Gasteiger partial charge in [-0.05, 0) is 12.1 Å². The van der Waals surface area contributed by atoms with Crippen LogP contribution in [0.25, 0.3) is 10.8 Å². The van der Waals surface area contributed by atoms with E-state index < -0.39 is 0 Å². The van der Waals surface area contributed by atoms with E-state index in [1.54, 1.807) is 13.2 Å². The van der Waals surface area contributed by atoms with E-state index in [1.807, 2.05) is 30.5 Å². The Morgan fingerprint density at radius 1 is 1.05 bits per heavy atom. The van der Waals surface area contributed by atoms with Crippen LogP contribution in [0, 0.1) is 0 Å². The predicted octanol–water partition coefficient (Wildman–Crippen LogP) is 2.21. The fraction of sp³-hybridized carbons (Fsp3) is 0.143. The molecule has 2 heterocycles. The molecule has 0 amide bonds. The van der Waals surface area contributed by atoms with Crippen LogP contribution in [-0.2, 0) is 0 Å². The number of nitrogens with zero attached hydrogens (tertiary/aromatic N) is 4. The minimum Gasteiger partial charge on any atom is -0.467 e. The molecular weight excluding hydrogens is 268 g/mol. The smallest absolute Gasteiger partial charge is 0.322 e. The summed E-state index contributed by atoms with van der Waals surface area (Å²) in [6.07, 6.45) is 3.56. The van der Waals surface area contributed by atoms with E-state index in [1.165, 1.54) is 7.11 Å². The third-order valence-corrected chi connectivity index (χ3v) is 2.95. The number of hydrogen-bond donors (Lipinski definition) is 2. The van der Waals surface area contributed by atoms with Crippen LogP contribution >= 0.6 is 0 Å². The van der Waals surface area contributed by atoms with Gasteiger partial charge in [0, 0.05) is 35.9 Å². The van der Waals surface area contributed by atoms with Crippen molar-refractivity contribution in [2.45, 2.75) is 0 Å². The summed E-state index contributed by atoms with van der Waals surface area (Å²) < 4.78 is 5.07. The molecule has 2 aromatic heterocycles. The third-order valence-electron chi connectivity index (χ3n) is 2.95. The van der Waals surface area contributed by atoms with E-state index in [2.05, 4.69) is 30.6 Å². The van der Waals surface area contributed by atoms with Crippen LogP contribution in [0.3, 0.4) is 0 Å². The number of hydrogen-bond acceptors (Lipinski definition) is 7. The Labute approximate surface area is 121 Å². The van der Waals surface area contributed by atoms with E-state index in [4.69, 9.17) is 4.74 Å². The van der Waals surface area contributed by atoms with Crippen LogP contribution < -0.4 is 15.4 Å². The molecule has 0 aliphatic rings. The van der Waals surface area contributed by atoms with Crippen LogP contribution in [-0.4, -0.2) is 34.1 Å². The molecule has 0 saturated heterocycles. The molecule has 7 heteroatoms. The SMILES string of the molecule is CNc1nc(Nc2cccc3cnccc23)nc(OC)n1. The molecule has 106 valence electrons. The predicted molar refractivity (Wildman–Crippen MR) is 81.0 cm³/mol. The van der Waals surface area contributed by atoms with Crippen molar-refractivity contribution in [3.05, 3.63) is 36.7 Å². The molecule has 21 heavy (non-hydrogen) atoms. The Morgan fingerprint density at radius 3 is 2.71 bits per heavy atom. The van der Waals surface area contributed by atoms with Crippen LogP contribution in [0.15, 0.2) is 36.7 Å². The first-order valence-electron chi connectivity index (χ1n) is 6.38. The second-order valence-electron chi connectivity index (χ2n) is 4.25. The van der Waals surface area contributed by atoms with Crippen LogP contribution in [0.5, 0.6) is 6.01 Å². The highest BCUT2D eigenvalue weighted by Crippen LogP contribution is 2.25. The van der Waals surface area contributed by atoms with Gasteiger partial charge in [-0.2, -0.15) is 15.0 Å². The first-order chi connectivity index (χ1) is 10.3. The summed E-state index contributed by atoms with van der Waals surface area (Å²) >= 11 is 0. The molecular formula is C14H14N6O. The lowest BCUT2D eigenvalue weighted by Gasteiger charge is -2.10. The number of methoxy groups -OCH3 is 1. The molecule has 0 fully saturated rings. The van der Waals surface area contributed by atoms with Gasteiger partial charge in [-0.3, -0.25) is 4.98 Å². The monoisotopic (exact) mass is 282 g/mol. The third kappa shape index (κ3) is 2.66. The average Bonchev–Trinajstić information content (AvgIpc) is 2.55. The summed E-state index contributed by atoms with van der Waals surface area (Å²) in [5.74, 6) is 0.849. The highest BCUT2D eigenvalue weighted by Gasteiger charge is 2.07. The molecule has 0 aliphatic heterocycles. The lowest BCUT2D eigenvalue weighted by Crippen LogP contribution is -2.05. The van der Waals surface area contributed by atoms with Crippen molar-refractivity contribution in [3.8, 4) is 6.01 Å². The minimum atomic E-state index is 0.249. The van der Waals surface area contributed by atoms with Gasteiger partial charge in [0.05, 0.1) is 7.11 Å². The largest absolute Gasteiger partial charge is 0.467 e. The molecule has 0 saturated carbocycles. The average molecular weight is 282 g/mol. The second kappa shape index (κ2) is 5.58. The fourth-order valence-electron chi connectivity index (χ4n) is 1.97. The van der Waals surface area contributed by atoms with Crippen LogP contribution in [0.2, 0.25) is 0 Å². The second-order valence-corrected chi connectivity index (χ2v) is 4.25. The number of nitrogens with one attached hydrogen (secondary N) is 2. The van der Waals surface area contributed by atoms with Crippen molar-refractivity contribution >= 4 is 28.4 Å². The van der Waals surface area contributed by atoms with Crippen molar-refractivity contribution in [2.75, 3.05) is 24.8 Å². The number of ether oxygens (including phenoxy) is 1. The molecule has 7 nitrogen and oxygen atoms in total. The van der Waals surface area contributed by atoms with Crippen molar-refractivity contribution in [3.63, 3.8) is 0 Å². The zero-order valence-corrected chi connectivity index (χ0v) is 11.7. The first kappa shape index (κ1) is 13.0. The van der Waals surface area contributed by atoms with Crippen molar-refractivity contribution in [1.29, 1.82) is 0 Å². The Kier molecular flexibility index (Phi) is 3.46. The zero-order chi connectivity index (χ0) is 14.7. The molecule has 0 unspecified atom stereocenters. The molecule has 0 spiro atoms. The molecule has 1 aromatic carbocycles. The molecule has 3 rings (SSSR count). The number of fused-ring (bicyclic) bond motifs is 1. The van der Waals surface area contributed by atoms with Crippen molar-refractivity contribution in [2.24, 2.45) is 0 Å². The van der Waals surface area contributed by atoms with Gasteiger partial charge in [-0.15, -0.1) is 0 Å². The first-order valence-corrected chi connectivity index (χ1v) is 6.38. The van der Waals surface area contributed by atoms with Gasteiger partial charge < -0.3 is 15.4 Å². The van der Waals surface area contributed by atoms with E-state index in [0.29, 0.717) is 11.9 Å². The number of anilines is 3. The number of pyridine rings is 1. The van der Waals surface area contributed by atoms with Gasteiger partial charge in [0.15, 0.2) is 0 Å². The maximum atomic E-state index is 5.07. The van der Waals surface area contributed by atoms with Gasteiger partial charge >= 0.3 is 6.01 Å². The van der Waals surface area contributed by atoms with Crippen molar-refractivity contribution < 1.29 is 4.74 Å². The summed E-state index contributed by atoms with van der Waals surface area (Å²) in [5, 5.41) is 8.14. The fourth-order valence-corrected chi connectivity index (χ4v) is 1.97. The van der Waals surface area contributed by atoms with Gasteiger partial charge in [0.25, 0.3) is 0 Å². The molecule has 2 N–H and O–H groups in total. The lowest BCUT2D eigenvalue weighted by atomic mass is 10.1. The van der Waals surface area contributed by atoms with E-state index >= 15 is 0 Å². The van der Waals surface area contributed by atoms with Gasteiger partial charge in [0.2, 0.25) is 11.9 Å². The summed E-state index contributed by atoms with van der Waals surface area (Å²) in [7, 11) is 3.25. The Hall–Kier alpha value is -2.96. The van der Waals surface area contributed by atoms with Gasteiger partial charge in [-0.25, -0.2) is 0 Å². The summed E-state index contributed by atoms with van der Waals surface area (Å²) in [6, 6.07) is 8.09. The standard InChI is InChI=1S/C14H14N6O/c1-15-12-18-13(20-14(19-12)21-2)17-11-5-3-4-9-8-16-7-6-10(9)11/h3-8H,1-2H3,(H2,15,17,18,19,20). The quantitative estimate of drug-likeness (QED) is 0.758. The highest BCUT2D eigenvalue weighted by atomic mass is 16.5. The van der Waals surface area contributed by atoms with Crippen LogP contribution in [0.4, 0.5) is 17.6 Å². The Balaban J connectivity index is 2.02. The molecule has 0 aliphatic carbocycles. The zero-order valence-electron chi connectivity index (χ0n) is 11.7. The summed E-state index contributed by atoms with van der Waals surface area (Å²) in [5.41, 5.74) is 0.894. The van der Waals surface area contributed by atoms with E-state index in [0.717, 1.165) is 16.5 Å². The Morgan fingerprint density at radius 2 is 1.90 bits per heavy atom. The number of aromatic nitrogens is 4. The maximum Gasteiger partial charge on any atom is 0.322 e. The summed E-state index contributed by atoms with van der Waals surface area (Å²) in [4.78, 5) is 16.6. The molecule has 0 atom stereocenters. The van der Waals surface area contributed by atoms with Gasteiger partial charge in [-0.1, -0.05) is 12.1 Å². The number of benzene rings is 1. The maximum absolute atomic E-state index is 5.07. The van der Waals surface area contributed by atoms with E-state index in [9.17, 15) is 0 Å². The molecule has 3 aromatic rings. The number of rotatable bonds is 4. The van der Waals surface area contributed by atoms with Crippen LogP contribution in [0.1, 0.15) is 0 Å². The highest BCUT2D eigenvalue weighted by molar-refractivity contribution is 5.94. The minimum absolute atomic E-state index is 0.249. The van der Waals surface area contributed by atoms with Crippen molar-refractivity contribution in [1.82, 2.24) is 19.9 Å². The molecule has 0 radical (unpaired) electrons. The topological polar surface area (TPSA) is 84.9 Å². The Bertz CT molecular complexity index is 749. The normalized spacial score (nSPS) is 10.4. The van der Waals surface area contributed by atoms with E-state index in [-0.39, 0.29) is 6.01 Å². The molecule has 0 bridgehead atoms. The van der Waals surface area contributed by atoms with Gasteiger partial charge in [0.1, 0.15) is 0 Å². The summed E-state index contributed by atoms with van der Waals surface area (Å²) in [6.45, 7) is 0. The lowest BCUT2D eigenvalue weighted by molar-refractivity contribution is 0.379.